The van der Waals surface area contributed by atoms with E-state index in [9.17, 15) is 13.2 Å². The van der Waals surface area contributed by atoms with Gasteiger partial charge < -0.3 is 10.6 Å². The summed E-state index contributed by atoms with van der Waals surface area (Å²) in [6, 6.07) is 6.64. The Morgan fingerprint density at radius 3 is 2.33 bits per heavy atom. The highest BCUT2D eigenvalue weighted by Crippen LogP contribution is 2.37. The van der Waals surface area contributed by atoms with Gasteiger partial charge in [0, 0.05) is 37.8 Å². The maximum Gasteiger partial charge on any atom is 0.253 e. The van der Waals surface area contributed by atoms with E-state index >= 15 is 0 Å². The molecular weight excluding hydrogens is 362 g/mol. The van der Waals surface area contributed by atoms with Crippen LogP contribution in [-0.4, -0.2) is 55.8 Å². The first-order valence-electron chi connectivity index (χ1n) is 10.0. The van der Waals surface area contributed by atoms with Gasteiger partial charge in [-0.15, -0.1) is 0 Å². The molecule has 2 heterocycles. The monoisotopic (exact) mass is 391 g/mol. The summed E-state index contributed by atoms with van der Waals surface area (Å²) in [6.07, 6.45) is 3.95. The van der Waals surface area contributed by atoms with E-state index < -0.39 is 10.0 Å². The van der Waals surface area contributed by atoms with Gasteiger partial charge in [0.1, 0.15) is 0 Å². The molecule has 27 heavy (non-hydrogen) atoms. The first kappa shape index (κ1) is 18.9. The van der Waals surface area contributed by atoms with E-state index in [1.54, 1.807) is 28.6 Å². The second kappa shape index (κ2) is 7.18. The highest BCUT2D eigenvalue weighted by molar-refractivity contribution is 7.89. The lowest BCUT2D eigenvalue weighted by Gasteiger charge is -2.29. The number of carbonyl (C=O) groups is 1. The van der Waals surface area contributed by atoms with Crippen molar-refractivity contribution in [3.63, 3.8) is 0 Å². The van der Waals surface area contributed by atoms with Crippen LogP contribution < -0.4 is 5.73 Å². The fourth-order valence-electron chi connectivity index (χ4n) is 4.80. The Hall–Kier alpha value is -1.44. The summed E-state index contributed by atoms with van der Waals surface area (Å²) in [5.41, 5.74) is 6.71. The summed E-state index contributed by atoms with van der Waals surface area (Å²) in [6.45, 7) is 4.78. The van der Waals surface area contributed by atoms with Gasteiger partial charge in [-0.2, -0.15) is 4.31 Å². The fourth-order valence-corrected chi connectivity index (χ4v) is 6.27. The van der Waals surface area contributed by atoms with Gasteiger partial charge >= 0.3 is 0 Å². The fraction of sp³-hybridized carbons (Fsp3) is 0.650. The van der Waals surface area contributed by atoms with E-state index in [2.05, 4.69) is 6.92 Å². The van der Waals surface area contributed by atoms with Crippen molar-refractivity contribution in [2.24, 2.45) is 23.5 Å². The number of nitrogens with two attached hydrogens (primary N) is 1. The molecule has 2 N–H and O–H groups in total. The first-order chi connectivity index (χ1) is 12.9. The Balaban J connectivity index is 1.45. The maximum atomic E-state index is 12.8. The van der Waals surface area contributed by atoms with Crippen LogP contribution in [0.15, 0.2) is 29.2 Å². The molecule has 1 amide bonds. The van der Waals surface area contributed by atoms with E-state index in [-0.39, 0.29) is 16.8 Å². The van der Waals surface area contributed by atoms with Crippen LogP contribution >= 0.6 is 0 Å². The highest BCUT2D eigenvalue weighted by atomic mass is 32.2. The van der Waals surface area contributed by atoms with Gasteiger partial charge in [-0.25, -0.2) is 8.42 Å². The van der Waals surface area contributed by atoms with Crippen molar-refractivity contribution in [2.45, 2.75) is 43.5 Å². The average Bonchev–Trinajstić information content (AvgIpc) is 3.24. The molecule has 7 heteroatoms. The summed E-state index contributed by atoms with van der Waals surface area (Å²) in [5.74, 6) is 1.48. The number of nitrogens with zero attached hydrogens (tertiary/aromatic N) is 2. The van der Waals surface area contributed by atoms with E-state index in [0.717, 1.165) is 38.8 Å². The van der Waals surface area contributed by atoms with Crippen LogP contribution in [0.25, 0.3) is 0 Å². The summed E-state index contributed by atoms with van der Waals surface area (Å²) >= 11 is 0. The van der Waals surface area contributed by atoms with Crippen molar-refractivity contribution in [1.29, 1.82) is 0 Å². The molecule has 3 fully saturated rings. The number of likely N-dealkylation sites (tertiary alicyclic amines) is 1. The summed E-state index contributed by atoms with van der Waals surface area (Å²) in [4.78, 5) is 15.0. The second-order valence-corrected chi connectivity index (χ2v) is 10.4. The zero-order valence-corrected chi connectivity index (χ0v) is 16.7. The molecule has 0 bridgehead atoms. The Morgan fingerprint density at radius 1 is 1.04 bits per heavy atom. The summed E-state index contributed by atoms with van der Waals surface area (Å²) < 4.78 is 27.2. The summed E-state index contributed by atoms with van der Waals surface area (Å²) in [5, 5.41) is 0. The van der Waals surface area contributed by atoms with Crippen LogP contribution in [0.3, 0.4) is 0 Å². The quantitative estimate of drug-likeness (QED) is 0.853. The molecule has 6 nitrogen and oxygen atoms in total. The van der Waals surface area contributed by atoms with Crippen LogP contribution in [-0.2, 0) is 10.0 Å². The van der Waals surface area contributed by atoms with Gasteiger partial charge in [0.25, 0.3) is 5.91 Å². The van der Waals surface area contributed by atoms with Crippen molar-refractivity contribution in [2.75, 3.05) is 26.2 Å². The van der Waals surface area contributed by atoms with Crippen molar-refractivity contribution in [3.8, 4) is 0 Å². The molecule has 1 aromatic carbocycles. The van der Waals surface area contributed by atoms with Gasteiger partial charge in [0.15, 0.2) is 0 Å². The SMILES string of the molecule is CC1CCN(S(=O)(=O)c2ccc(C(=O)N3CC4CCC(N)C4C3)cc2)CC1. The Morgan fingerprint density at radius 2 is 1.70 bits per heavy atom. The van der Waals surface area contributed by atoms with Gasteiger partial charge in [0.2, 0.25) is 10.0 Å². The van der Waals surface area contributed by atoms with Crippen molar-refractivity contribution in [1.82, 2.24) is 9.21 Å². The smallest absolute Gasteiger partial charge is 0.253 e. The van der Waals surface area contributed by atoms with Crippen LogP contribution in [0.2, 0.25) is 0 Å². The molecule has 148 valence electrons. The number of piperidine rings is 1. The van der Waals surface area contributed by atoms with E-state index in [1.165, 1.54) is 0 Å². The predicted molar refractivity (Wildman–Crippen MR) is 104 cm³/mol. The Kier molecular flexibility index (Phi) is 5.03. The number of carbonyl (C=O) groups excluding carboxylic acids is 1. The third-order valence-corrected chi connectivity index (χ3v) is 8.59. The van der Waals surface area contributed by atoms with Crippen LogP contribution in [0.5, 0.6) is 0 Å². The van der Waals surface area contributed by atoms with E-state index in [1.807, 2.05) is 4.90 Å². The highest BCUT2D eigenvalue weighted by Gasteiger charge is 2.42. The van der Waals surface area contributed by atoms with Crippen LogP contribution in [0.4, 0.5) is 0 Å². The van der Waals surface area contributed by atoms with E-state index in [0.29, 0.717) is 36.4 Å². The van der Waals surface area contributed by atoms with Crippen LogP contribution in [0, 0.1) is 17.8 Å². The molecule has 0 spiro atoms. The third-order valence-electron chi connectivity index (χ3n) is 6.68. The first-order valence-corrected chi connectivity index (χ1v) is 11.5. The lowest BCUT2D eigenvalue weighted by molar-refractivity contribution is 0.0779. The normalized spacial score (nSPS) is 29.9. The number of amides is 1. The molecule has 1 aromatic rings. The number of benzene rings is 1. The predicted octanol–water partition coefficient (Wildman–Crippen LogP) is 1.92. The molecular formula is C20H29N3O3S. The Labute approximate surface area is 161 Å². The standard InChI is InChI=1S/C20H29N3O3S/c1-14-8-10-23(11-9-14)27(25,26)17-5-2-15(3-6-17)20(24)22-12-16-4-7-19(21)18(16)13-22/h2-3,5-6,14,16,18-19H,4,7-13,21H2,1H3. The van der Waals surface area contributed by atoms with Gasteiger partial charge in [0.05, 0.1) is 4.90 Å². The second-order valence-electron chi connectivity index (χ2n) is 8.49. The van der Waals surface area contributed by atoms with Gasteiger partial charge in [-0.1, -0.05) is 6.92 Å². The number of sulfonamides is 1. The maximum absolute atomic E-state index is 12.8. The van der Waals surface area contributed by atoms with Crippen molar-refractivity contribution < 1.29 is 13.2 Å². The largest absolute Gasteiger partial charge is 0.338 e. The van der Waals surface area contributed by atoms with Gasteiger partial charge in [-0.05, 0) is 67.7 Å². The lowest BCUT2D eigenvalue weighted by Crippen LogP contribution is -2.37. The number of rotatable bonds is 3. The molecule has 3 aliphatic rings. The number of fused-ring (bicyclic) bond motifs is 1. The van der Waals surface area contributed by atoms with E-state index in [4.69, 9.17) is 5.73 Å². The zero-order valence-electron chi connectivity index (χ0n) is 15.9. The minimum atomic E-state index is -3.47. The molecule has 1 saturated carbocycles. The molecule has 0 aromatic heterocycles. The van der Waals surface area contributed by atoms with Crippen molar-refractivity contribution in [3.05, 3.63) is 29.8 Å². The average molecular weight is 392 g/mol. The molecule has 4 rings (SSSR count). The molecule has 2 saturated heterocycles. The Bertz CT molecular complexity index is 800. The zero-order chi connectivity index (χ0) is 19.2. The van der Waals surface area contributed by atoms with Gasteiger partial charge in [-0.3, -0.25) is 4.79 Å². The minimum absolute atomic E-state index is 0.0210. The molecule has 1 aliphatic carbocycles. The minimum Gasteiger partial charge on any atom is -0.338 e. The summed E-state index contributed by atoms with van der Waals surface area (Å²) in [7, 11) is -3.47. The van der Waals surface area contributed by atoms with Crippen molar-refractivity contribution >= 4 is 15.9 Å². The topological polar surface area (TPSA) is 83.7 Å². The molecule has 0 radical (unpaired) electrons. The number of hydrogen-bond acceptors (Lipinski definition) is 4. The lowest BCUT2D eigenvalue weighted by atomic mass is 9.98. The molecule has 3 atom stereocenters. The molecule has 2 aliphatic heterocycles. The molecule has 3 unspecified atom stereocenters. The van der Waals surface area contributed by atoms with Crippen LogP contribution in [0.1, 0.15) is 43.0 Å². The number of hydrogen-bond donors (Lipinski definition) is 1. The third kappa shape index (κ3) is 3.52.